The first kappa shape index (κ1) is 18.3. The number of aryl methyl sites for hydroxylation is 1. The highest BCUT2D eigenvalue weighted by Crippen LogP contribution is 2.25. The average Bonchev–Trinajstić information content (AvgIpc) is 3.22. The number of aromatic nitrogens is 1. The van der Waals surface area contributed by atoms with Crippen LogP contribution in [0.5, 0.6) is 0 Å². The van der Waals surface area contributed by atoms with Crippen molar-refractivity contribution < 1.29 is 14.0 Å². The number of carbonyl (C=O) groups excluding carboxylic acids is 2. The number of hydrogen-bond donors (Lipinski definition) is 1. The first-order valence-corrected chi connectivity index (χ1v) is 8.21. The van der Waals surface area contributed by atoms with Gasteiger partial charge in [0.2, 0.25) is 11.8 Å². The quantitative estimate of drug-likeness (QED) is 0.871. The van der Waals surface area contributed by atoms with E-state index in [0.717, 1.165) is 0 Å². The van der Waals surface area contributed by atoms with Gasteiger partial charge in [-0.2, -0.15) is 5.26 Å². The monoisotopic (exact) mass is 342 g/mol. The number of nitrogens with zero attached hydrogens (tertiary/aromatic N) is 3. The lowest BCUT2D eigenvalue weighted by Crippen LogP contribution is -2.47. The van der Waals surface area contributed by atoms with Gasteiger partial charge in [0.25, 0.3) is 5.91 Å². The fraction of sp³-hybridized carbons (Fsp3) is 0.389. The number of nitriles is 1. The fourth-order valence-electron chi connectivity index (χ4n) is 2.70. The number of amides is 2. The smallest absolute Gasteiger partial charge is 0.256 e. The zero-order chi connectivity index (χ0) is 18.6. The van der Waals surface area contributed by atoms with Crippen molar-refractivity contribution >= 4 is 11.8 Å². The minimum absolute atomic E-state index is 0.147. The Morgan fingerprint density at radius 1 is 1.32 bits per heavy atom. The van der Waals surface area contributed by atoms with Crippen LogP contribution in [0.2, 0.25) is 0 Å². The predicted molar refractivity (Wildman–Crippen MR) is 92.3 cm³/mol. The van der Waals surface area contributed by atoms with Crippen molar-refractivity contribution in [3.05, 3.63) is 41.4 Å². The molecule has 7 heteroatoms. The van der Waals surface area contributed by atoms with Crippen LogP contribution in [0.25, 0.3) is 5.88 Å². The Bertz CT molecular complexity index is 795. The molecule has 25 heavy (non-hydrogen) atoms. The first-order valence-electron chi connectivity index (χ1n) is 8.21. The third kappa shape index (κ3) is 3.58. The van der Waals surface area contributed by atoms with Crippen molar-refractivity contribution in [1.82, 2.24) is 14.8 Å². The van der Waals surface area contributed by atoms with E-state index in [-0.39, 0.29) is 22.9 Å². The topological polar surface area (TPSA) is 91.3 Å². The van der Waals surface area contributed by atoms with Gasteiger partial charge in [-0.3, -0.25) is 14.2 Å². The number of likely N-dealkylation sites (N-methyl/N-ethyl adjacent to an activating group) is 1. The molecule has 0 unspecified atom stereocenters. The van der Waals surface area contributed by atoms with Crippen LogP contribution in [-0.2, 0) is 4.79 Å². The SMILES string of the molecule is CCN(CC)C(=O)[C@H](C)NC(=O)c1c(C)oc(-n2cccc2)c1C#N. The van der Waals surface area contributed by atoms with Gasteiger partial charge in [0.05, 0.1) is 0 Å². The molecule has 1 atom stereocenters. The van der Waals surface area contributed by atoms with Crippen LogP contribution in [0.3, 0.4) is 0 Å². The summed E-state index contributed by atoms with van der Waals surface area (Å²) in [7, 11) is 0. The van der Waals surface area contributed by atoms with E-state index >= 15 is 0 Å². The first-order chi connectivity index (χ1) is 11.9. The number of hydrogen-bond acceptors (Lipinski definition) is 4. The molecule has 2 aromatic rings. The second kappa shape index (κ2) is 7.71. The van der Waals surface area contributed by atoms with E-state index in [0.29, 0.717) is 18.8 Å². The van der Waals surface area contributed by atoms with Crippen LogP contribution in [0.15, 0.2) is 28.9 Å². The van der Waals surface area contributed by atoms with Gasteiger partial charge < -0.3 is 14.6 Å². The van der Waals surface area contributed by atoms with E-state index in [1.807, 2.05) is 19.9 Å². The zero-order valence-electron chi connectivity index (χ0n) is 14.9. The average molecular weight is 342 g/mol. The molecule has 0 aliphatic carbocycles. The number of nitrogens with one attached hydrogen (secondary N) is 1. The maximum Gasteiger partial charge on any atom is 0.256 e. The minimum Gasteiger partial charge on any atom is -0.443 e. The van der Waals surface area contributed by atoms with Gasteiger partial charge in [-0.05, 0) is 39.8 Å². The highest BCUT2D eigenvalue weighted by molar-refractivity contribution is 6.00. The molecule has 1 N–H and O–H groups in total. The molecule has 0 aliphatic rings. The predicted octanol–water partition coefficient (Wildman–Crippen LogP) is 2.24. The number of rotatable bonds is 6. The van der Waals surface area contributed by atoms with Crippen molar-refractivity contribution in [2.75, 3.05) is 13.1 Å². The van der Waals surface area contributed by atoms with Gasteiger partial charge in [-0.1, -0.05) is 0 Å². The second-order valence-corrected chi connectivity index (χ2v) is 5.62. The molecular formula is C18H22N4O3. The molecule has 0 bridgehead atoms. The van der Waals surface area contributed by atoms with Crippen LogP contribution in [0, 0.1) is 18.3 Å². The molecule has 0 spiro atoms. The molecule has 2 aromatic heterocycles. The summed E-state index contributed by atoms with van der Waals surface area (Å²) < 4.78 is 7.25. The second-order valence-electron chi connectivity index (χ2n) is 5.62. The molecule has 0 aliphatic heterocycles. The Kier molecular flexibility index (Phi) is 5.65. The summed E-state index contributed by atoms with van der Waals surface area (Å²) in [4.78, 5) is 26.6. The van der Waals surface area contributed by atoms with Crippen molar-refractivity contribution in [1.29, 1.82) is 5.26 Å². The van der Waals surface area contributed by atoms with E-state index < -0.39 is 11.9 Å². The standard InChI is InChI=1S/C18H22N4O3/c1-5-21(6-2)17(24)12(3)20-16(23)15-13(4)25-18(14(15)11-19)22-9-7-8-10-22/h7-10,12H,5-6H2,1-4H3,(H,20,23)/t12-/m0/s1. The lowest BCUT2D eigenvalue weighted by molar-refractivity contribution is -0.132. The summed E-state index contributed by atoms with van der Waals surface area (Å²) in [6.07, 6.45) is 3.46. The Morgan fingerprint density at radius 2 is 1.92 bits per heavy atom. The van der Waals surface area contributed by atoms with Gasteiger partial charge >= 0.3 is 0 Å². The maximum atomic E-state index is 12.6. The summed E-state index contributed by atoms with van der Waals surface area (Å²) >= 11 is 0. The van der Waals surface area contributed by atoms with E-state index in [1.54, 1.807) is 47.8 Å². The normalized spacial score (nSPS) is 11.6. The third-order valence-electron chi connectivity index (χ3n) is 4.04. The molecule has 0 radical (unpaired) electrons. The van der Waals surface area contributed by atoms with Crippen molar-refractivity contribution in [2.24, 2.45) is 0 Å². The summed E-state index contributed by atoms with van der Waals surface area (Å²) in [6.45, 7) is 8.16. The molecule has 2 rings (SSSR count). The van der Waals surface area contributed by atoms with E-state index in [2.05, 4.69) is 5.32 Å². The largest absolute Gasteiger partial charge is 0.443 e. The fourth-order valence-corrected chi connectivity index (χ4v) is 2.70. The summed E-state index contributed by atoms with van der Waals surface area (Å²) in [5, 5.41) is 12.2. The molecule has 0 saturated heterocycles. The van der Waals surface area contributed by atoms with Crippen LogP contribution in [0.4, 0.5) is 0 Å². The lowest BCUT2D eigenvalue weighted by atomic mass is 10.1. The van der Waals surface area contributed by atoms with Crippen molar-refractivity contribution in [3.63, 3.8) is 0 Å². The van der Waals surface area contributed by atoms with Gasteiger partial charge in [0.15, 0.2) is 0 Å². The van der Waals surface area contributed by atoms with Crippen molar-refractivity contribution in [2.45, 2.75) is 33.7 Å². The summed E-state index contributed by atoms with van der Waals surface area (Å²) in [5.41, 5.74) is 0.305. The highest BCUT2D eigenvalue weighted by Gasteiger charge is 2.27. The van der Waals surface area contributed by atoms with E-state index in [4.69, 9.17) is 4.42 Å². The molecule has 2 amide bonds. The van der Waals surface area contributed by atoms with Crippen molar-refractivity contribution in [3.8, 4) is 12.0 Å². The molecule has 0 fully saturated rings. The van der Waals surface area contributed by atoms with Gasteiger partial charge in [-0.15, -0.1) is 0 Å². The Morgan fingerprint density at radius 3 is 2.44 bits per heavy atom. The van der Waals surface area contributed by atoms with E-state index in [1.165, 1.54) is 0 Å². The van der Waals surface area contributed by atoms with Gasteiger partial charge in [0, 0.05) is 25.5 Å². The number of carbonyl (C=O) groups is 2. The highest BCUT2D eigenvalue weighted by atomic mass is 16.4. The molecular weight excluding hydrogens is 320 g/mol. The molecule has 132 valence electrons. The van der Waals surface area contributed by atoms with Crippen LogP contribution < -0.4 is 5.32 Å². The Hall–Kier alpha value is -3.01. The van der Waals surface area contributed by atoms with Crippen LogP contribution in [-0.4, -0.2) is 40.4 Å². The lowest BCUT2D eigenvalue weighted by Gasteiger charge is -2.23. The van der Waals surface area contributed by atoms with Crippen LogP contribution in [0.1, 0.15) is 42.5 Å². The molecule has 0 saturated carbocycles. The van der Waals surface area contributed by atoms with Gasteiger partial charge in [0.1, 0.15) is 29.0 Å². The summed E-state index contributed by atoms with van der Waals surface area (Å²) in [6, 6.07) is 4.93. The Balaban J connectivity index is 2.28. The Labute approximate surface area is 146 Å². The minimum atomic E-state index is -0.691. The zero-order valence-corrected chi connectivity index (χ0v) is 14.9. The van der Waals surface area contributed by atoms with Crippen LogP contribution >= 0.6 is 0 Å². The summed E-state index contributed by atoms with van der Waals surface area (Å²) in [5.74, 6) is -0.0361. The molecule has 2 heterocycles. The maximum absolute atomic E-state index is 12.6. The number of furan rings is 1. The molecule has 7 nitrogen and oxygen atoms in total. The molecule has 0 aromatic carbocycles. The van der Waals surface area contributed by atoms with Gasteiger partial charge in [-0.25, -0.2) is 0 Å². The van der Waals surface area contributed by atoms with E-state index in [9.17, 15) is 14.9 Å². The third-order valence-corrected chi connectivity index (χ3v) is 4.04.